The van der Waals surface area contributed by atoms with Gasteiger partial charge >= 0.3 is 5.97 Å². The molecule has 0 aliphatic rings. The molecule has 110 valence electrons. The Kier molecular flexibility index (Phi) is 4.02. The molecule has 0 saturated heterocycles. The highest BCUT2D eigenvalue weighted by Crippen LogP contribution is 2.24. The van der Waals surface area contributed by atoms with Crippen LogP contribution in [-0.2, 0) is 4.74 Å². The molecule has 7 nitrogen and oxygen atoms in total. The second kappa shape index (κ2) is 5.74. The Bertz CT molecular complexity index is 673. The molecule has 1 atom stereocenters. The van der Waals surface area contributed by atoms with Gasteiger partial charge in [-0.25, -0.2) is 4.79 Å². The van der Waals surface area contributed by atoms with E-state index in [0.29, 0.717) is 17.0 Å². The number of benzene rings is 1. The Labute approximate surface area is 120 Å². The van der Waals surface area contributed by atoms with Crippen LogP contribution in [0.2, 0.25) is 0 Å². The van der Waals surface area contributed by atoms with E-state index in [0.717, 1.165) is 0 Å². The van der Waals surface area contributed by atoms with E-state index in [-0.39, 0.29) is 11.3 Å². The van der Waals surface area contributed by atoms with Crippen molar-refractivity contribution in [3.63, 3.8) is 0 Å². The van der Waals surface area contributed by atoms with Crippen molar-refractivity contribution in [2.45, 2.75) is 26.9 Å². The van der Waals surface area contributed by atoms with Gasteiger partial charge in [0.25, 0.3) is 5.69 Å². The first-order valence-electron chi connectivity index (χ1n) is 6.28. The number of hydrogen-bond acceptors (Lipinski definition) is 6. The minimum Gasteiger partial charge on any atom is -0.454 e. The number of non-ortho nitro benzene ring substituents is 1. The third kappa shape index (κ3) is 3.07. The summed E-state index contributed by atoms with van der Waals surface area (Å²) in [7, 11) is 0. The molecule has 0 spiro atoms. The summed E-state index contributed by atoms with van der Waals surface area (Å²) in [6.07, 6.45) is -0.619. The van der Waals surface area contributed by atoms with Crippen molar-refractivity contribution in [1.29, 1.82) is 0 Å². The minimum atomic E-state index is -0.619. The lowest BCUT2D eigenvalue weighted by Crippen LogP contribution is -2.11. The molecule has 0 saturated carbocycles. The maximum absolute atomic E-state index is 12.1. The Balaban J connectivity index is 2.18. The Hall–Kier alpha value is -2.70. The van der Waals surface area contributed by atoms with Gasteiger partial charge in [-0.2, -0.15) is 0 Å². The van der Waals surface area contributed by atoms with Crippen LogP contribution in [0.5, 0.6) is 0 Å². The van der Waals surface area contributed by atoms with Crippen LogP contribution >= 0.6 is 0 Å². The number of esters is 1. The molecule has 21 heavy (non-hydrogen) atoms. The van der Waals surface area contributed by atoms with Gasteiger partial charge in [-0.1, -0.05) is 17.3 Å². The minimum absolute atomic E-state index is 0.0484. The third-order valence-electron chi connectivity index (χ3n) is 3.07. The lowest BCUT2D eigenvalue weighted by atomic mass is 10.1. The molecular weight excluding hydrogens is 276 g/mol. The van der Waals surface area contributed by atoms with Crippen molar-refractivity contribution >= 4 is 11.7 Å². The largest absolute Gasteiger partial charge is 0.454 e. The molecule has 0 bridgehead atoms. The lowest BCUT2D eigenvalue weighted by Gasteiger charge is -2.13. The molecule has 0 amide bonds. The first kappa shape index (κ1) is 14.7. The van der Waals surface area contributed by atoms with Crippen molar-refractivity contribution in [3.8, 4) is 0 Å². The molecule has 1 heterocycles. The molecule has 0 aliphatic heterocycles. The number of nitrogens with zero attached hydrogens (tertiary/aromatic N) is 2. The van der Waals surface area contributed by atoms with Crippen molar-refractivity contribution in [2.75, 3.05) is 0 Å². The van der Waals surface area contributed by atoms with E-state index in [9.17, 15) is 14.9 Å². The molecule has 0 fully saturated rings. The van der Waals surface area contributed by atoms with Crippen molar-refractivity contribution in [1.82, 2.24) is 5.16 Å². The molecule has 0 N–H and O–H groups in total. The standard InChI is InChI=1S/C14H14N2O5/c1-8-13(10(3)21-15-8)14(17)20-9(2)11-5-4-6-12(7-11)16(18)19/h4-7,9H,1-3H3/t9-/m1/s1. The average molecular weight is 290 g/mol. The molecule has 0 unspecified atom stereocenters. The van der Waals surface area contributed by atoms with E-state index in [4.69, 9.17) is 9.26 Å². The summed E-state index contributed by atoms with van der Waals surface area (Å²) in [5.41, 5.74) is 1.23. The second-order valence-electron chi connectivity index (χ2n) is 4.60. The maximum atomic E-state index is 12.1. The highest BCUT2D eigenvalue weighted by Gasteiger charge is 2.22. The van der Waals surface area contributed by atoms with E-state index in [2.05, 4.69) is 5.16 Å². The van der Waals surface area contributed by atoms with Crippen LogP contribution in [0, 0.1) is 24.0 Å². The number of aromatic nitrogens is 1. The fraction of sp³-hybridized carbons (Fsp3) is 0.286. The monoisotopic (exact) mass is 290 g/mol. The van der Waals surface area contributed by atoms with Crippen molar-refractivity contribution in [2.24, 2.45) is 0 Å². The molecule has 1 aromatic carbocycles. The fourth-order valence-electron chi connectivity index (χ4n) is 1.95. The van der Waals surface area contributed by atoms with Gasteiger partial charge in [0, 0.05) is 12.1 Å². The topological polar surface area (TPSA) is 95.5 Å². The van der Waals surface area contributed by atoms with Gasteiger partial charge in [-0.15, -0.1) is 0 Å². The maximum Gasteiger partial charge on any atom is 0.344 e. The summed E-state index contributed by atoms with van der Waals surface area (Å²) in [5.74, 6) is -0.186. The molecule has 0 radical (unpaired) electrons. The van der Waals surface area contributed by atoms with Gasteiger partial charge in [0.1, 0.15) is 17.4 Å². The van der Waals surface area contributed by atoms with Crippen LogP contribution in [-0.4, -0.2) is 16.0 Å². The second-order valence-corrected chi connectivity index (χ2v) is 4.60. The van der Waals surface area contributed by atoms with E-state index < -0.39 is 17.0 Å². The predicted molar refractivity (Wildman–Crippen MR) is 72.9 cm³/mol. The molecule has 1 aromatic heterocycles. The predicted octanol–water partition coefficient (Wildman–Crippen LogP) is 3.12. The molecule has 7 heteroatoms. The molecule has 0 aliphatic carbocycles. The van der Waals surface area contributed by atoms with Crippen LogP contribution in [0.15, 0.2) is 28.8 Å². The number of rotatable bonds is 4. The van der Waals surface area contributed by atoms with Crippen LogP contribution in [0.4, 0.5) is 5.69 Å². The number of nitro benzene ring substituents is 1. The van der Waals surface area contributed by atoms with Crippen molar-refractivity contribution < 1.29 is 19.0 Å². The smallest absolute Gasteiger partial charge is 0.344 e. The zero-order valence-electron chi connectivity index (χ0n) is 11.8. The van der Waals surface area contributed by atoms with Gasteiger partial charge in [0.05, 0.1) is 10.6 Å². The van der Waals surface area contributed by atoms with Gasteiger partial charge in [-0.3, -0.25) is 10.1 Å². The van der Waals surface area contributed by atoms with E-state index in [1.54, 1.807) is 32.9 Å². The Morgan fingerprint density at radius 2 is 2.14 bits per heavy atom. The fourth-order valence-corrected chi connectivity index (χ4v) is 1.95. The quantitative estimate of drug-likeness (QED) is 0.487. The van der Waals surface area contributed by atoms with Gasteiger partial charge in [-0.05, 0) is 26.3 Å². The van der Waals surface area contributed by atoms with Gasteiger partial charge < -0.3 is 9.26 Å². The highest BCUT2D eigenvalue weighted by molar-refractivity contribution is 5.91. The van der Waals surface area contributed by atoms with Crippen LogP contribution in [0.1, 0.15) is 40.4 Å². The first-order valence-corrected chi connectivity index (χ1v) is 6.28. The van der Waals surface area contributed by atoms with Crippen LogP contribution in [0.25, 0.3) is 0 Å². The highest BCUT2D eigenvalue weighted by atomic mass is 16.6. The number of hydrogen-bond donors (Lipinski definition) is 0. The third-order valence-corrected chi connectivity index (χ3v) is 3.07. The lowest BCUT2D eigenvalue weighted by molar-refractivity contribution is -0.385. The van der Waals surface area contributed by atoms with E-state index >= 15 is 0 Å². The summed E-state index contributed by atoms with van der Waals surface area (Å²) in [6, 6.07) is 5.98. The van der Waals surface area contributed by atoms with E-state index in [1.807, 2.05) is 0 Å². The number of nitro groups is 1. The zero-order chi connectivity index (χ0) is 15.6. The number of carbonyl (C=O) groups excluding carboxylic acids is 1. The Morgan fingerprint density at radius 3 is 2.71 bits per heavy atom. The van der Waals surface area contributed by atoms with E-state index in [1.165, 1.54) is 12.1 Å². The summed E-state index contributed by atoms with van der Waals surface area (Å²) >= 11 is 0. The first-order chi connectivity index (χ1) is 9.90. The van der Waals surface area contributed by atoms with Gasteiger partial charge in [0.15, 0.2) is 0 Å². The van der Waals surface area contributed by atoms with Crippen LogP contribution in [0.3, 0.4) is 0 Å². The summed E-state index contributed by atoms with van der Waals surface area (Å²) < 4.78 is 10.2. The summed E-state index contributed by atoms with van der Waals surface area (Å²) in [6.45, 7) is 4.91. The Morgan fingerprint density at radius 1 is 1.43 bits per heavy atom. The molecule has 2 rings (SSSR count). The van der Waals surface area contributed by atoms with Crippen LogP contribution < -0.4 is 0 Å². The van der Waals surface area contributed by atoms with Crippen molar-refractivity contribution in [3.05, 3.63) is 57.0 Å². The summed E-state index contributed by atoms with van der Waals surface area (Å²) in [5, 5.41) is 14.4. The number of carbonyl (C=O) groups is 1. The SMILES string of the molecule is Cc1noc(C)c1C(=O)O[C@H](C)c1cccc([N+](=O)[O-])c1. The normalized spacial score (nSPS) is 12.0. The molecule has 2 aromatic rings. The molecular formula is C14H14N2O5. The summed E-state index contributed by atoms with van der Waals surface area (Å²) in [4.78, 5) is 22.4. The van der Waals surface area contributed by atoms with Gasteiger partial charge in [0.2, 0.25) is 0 Å². The average Bonchev–Trinajstić information content (AvgIpc) is 2.78. The number of ether oxygens (including phenoxy) is 1. The zero-order valence-corrected chi connectivity index (χ0v) is 11.8. The number of aryl methyl sites for hydroxylation is 2.